The average Bonchev–Trinajstić information content (AvgIpc) is 2.29. The van der Waals surface area contributed by atoms with E-state index in [4.69, 9.17) is 0 Å². The van der Waals surface area contributed by atoms with Crippen LogP contribution in [0.5, 0.6) is 0 Å². The Morgan fingerprint density at radius 1 is 1.57 bits per heavy atom. The van der Waals surface area contributed by atoms with E-state index in [2.05, 4.69) is 15.3 Å². The third-order valence-corrected chi connectivity index (χ3v) is 3.60. The molecule has 1 aliphatic heterocycles. The summed E-state index contributed by atoms with van der Waals surface area (Å²) in [6, 6.07) is 1.97. The van der Waals surface area contributed by atoms with Gasteiger partial charge in [0.1, 0.15) is 6.33 Å². The van der Waals surface area contributed by atoms with E-state index in [1.165, 1.54) is 25.1 Å². The van der Waals surface area contributed by atoms with E-state index in [1.807, 2.05) is 17.8 Å². The fraction of sp³-hybridized carbons (Fsp3) is 0.600. The molecule has 1 fully saturated rings. The van der Waals surface area contributed by atoms with Gasteiger partial charge in [-0.2, -0.15) is 0 Å². The molecule has 4 heteroatoms. The van der Waals surface area contributed by atoms with Gasteiger partial charge in [0, 0.05) is 11.9 Å². The first-order chi connectivity index (χ1) is 6.95. The van der Waals surface area contributed by atoms with Gasteiger partial charge < -0.3 is 5.32 Å². The number of piperidine rings is 1. The Kier molecular flexibility index (Phi) is 3.77. The zero-order chi connectivity index (χ0) is 9.64. The minimum absolute atomic E-state index is 0.809. The van der Waals surface area contributed by atoms with Gasteiger partial charge >= 0.3 is 0 Å². The molecule has 0 aliphatic carbocycles. The predicted octanol–water partition coefficient (Wildman–Crippen LogP) is 1.57. The van der Waals surface area contributed by atoms with Crippen molar-refractivity contribution < 1.29 is 0 Å². The van der Waals surface area contributed by atoms with Gasteiger partial charge in [0.2, 0.25) is 0 Å². The first-order valence-corrected chi connectivity index (χ1v) is 6.03. The van der Waals surface area contributed by atoms with Crippen LogP contribution in [0.25, 0.3) is 0 Å². The van der Waals surface area contributed by atoms with Gasteiger partial charge in [-0.15, -0.1) is 11.8 Å². The lowest BCUT2D eigenvalue weighted by Gasteiger charge is -2.21. The lowest BCUT2D eigenvalue weighted by Crippen LogP contribution is -2.30. The Balaban J connectivity index is 1.76. The third-order valence-electron chi connectivity index (χ3n) is 2.42. The molecule has 3 nitrogen and oxygen atoms in total. The average molecular weight is 209 g/mol. The van der Waals surface area contributed by atoms with Gasteiger partial charge in [-0.25, -0.2) is 9.97 Å². The van der Waals surface area contributed by atoms with Crippen molar-refractivity contribution in [1.29, 1.82) is 0 Å². The Bertz CT molecular complexity index is 259. The molecular formula is C10H15N3S. The summed E-state index contributed by atoms with van der Waals surface area (Å²) in [5.41, 5.74) is 0. The number of thioether (sulfide) groups is 1. The second kappa shape index (κ2) is 5.32. The largest absolute Gasteiger partial charge is 0.316 e. The van der Waals surface area contributed by atoms with Crippen LogP contribution >= 0.6 is 11.8 Å². The molecule has 1 atom stereocenters. The smallest absolute Gasteiger partial charge is 0.116 e. The van der Waals surface area contributed by atoms with Gasteiger partial charge in [-0.3, -0.25) is 0 Å². The second-order valence-electron chi connectivity index (χ2n) is 3.57. The molecule has 1 aliphatic rings. The number of hydrogen-bond donors (Lipinski definition) is 1. The molecule has 14 heavy (non-hydrogen) atoms. The highest BCUT2D eigenvalue weighted by atomic mass is 32.2. The van der Waals surface area contributed by atoms with Crippen LogP contribution in [-0.4, -0.2) is 28.8 Å². The minimum Gasteiger partial charge on any atom is -0.316 e. The fourth-order valence-corrected chi connectivity index (χ4v) is 2.60. The molecule has 0 spiro atoms. The van der Waals surface area contributed by atoms with Crippen LogP contribution in [0.2, 0.25) is 0 Å². The van der Waals surface area contributed by atoms with Crippen molar-refractivity contribution in [2.45, 2.75) is 17.9 Å². The van der Waals surface area contributed by atoms with Gasteiger partial charge in [-0.1, -0.05) is 0 Å². The Hall–Kier alpha value is -0.610. The van der Waals surface area contributed by atoms with Crippen molar-refractivity contribution >= 4 is 11.8 Å². The lowest BCUT2D eigenvalue weighted by molar-refractivity contribution is 0.410. The van der Waals surface area contributed by atoms with E-state index in [1.54, 1.807) is 12.5 Å². The highest BCUT2D eigenvalue weighted by Gasteiger charge is 2.12. The molecule has 1 N–H and O–H groups in total. The maximum absolute atomic E-state index is 4.19. The lowest BCUT2D eigenvalue weighted by atomic mass is 10.0. The highest BCUT2D eigenvalue weighted by Crippen LogP contribution is 2.21. The molecule has 2 heterocycles. The molecule has 0 aromatic carbocycles. The molecule has 0 amide bonds. The summed E-state index contributed by atoms with van der Waals surface area (Å²) >= 11 is 1.84. The van der Waals surface area contributed by atoms with Crippen molar-refractivity contribution in [3.63, 3.8) is 0 Å². The Morgan fingerprint density at radius 3 is 3.29 bits per heavy atom. The number of nitrogens with zero attached hydrogens (tertiary/aromatic N) is 2. The topological polar surface area (TPSA) is 37.8 Å². The third kappa shape index (κ3) is 2.96. The predicted molar refractivity (Wildman–Crippen MR) is 58.3 cm³/mol. The summed E-state index contributed by atoms with van der Waals surface area (Å²) < 4.78 is 0. The van der Waals surface area contributed by atoms with E-state index < -0.39 is 0 Å². The molecule has 1 saturated heterocycles. The summed E-state index contributed by atoms with van der Waals surface area (Å²) in [6.07, 6.45) is 6.08. The normalized spacial score (nSPS) is 22.1. The molecule has 1 aromatic rings. The second-order valence-corrected chi connectivity index (χ2v) is 4.61. The molecule has 0 radical (unpaired) electrons. The van der Waals surface area contributed by atoms with Crippen molar-refractivity contribution in [2.75, 3.05) is 18.8 Å². The summed E-state index contributed by atoms with van der Waals surface area (Å²) in [5, 5.41) is 4.51. The van der Waals surface area contributed by atoms with E-state index in [-0.39, 0.29) is 0 Å². The van der Waals surface area contributed by atoms with Crippen LogP contribution in [0.15, 0.2) is 23.6 Å². The van der Waals surface area contributed by atoms with Crippen LogP contribution in [-0.2, 0) is 0 Å². The molecule has 76 valence electrons. The SMILES string of the molecule is c1cc(SCC2CCCNC2)ncn1. The summed E-state index contributed by atoms with van der Waals surface area (Å²) in [5.74, 6) is 1.98. The van der Waals surface area contributed by atoms with Gasteiger partial charge in [-0.05, 0) is 37.9 Å². The zero-order valence-electron chi connectivity index (χ0n) is 8.15. The van der Waals surface area contributed by atoms with Crippen molar-refractivity contribution in [2.24, 2.45) is 5.92 Å². The highest BCUT2D eigenvalue weighted by molar-refractivity contribution is 7.99. The van der Waals surface area contributed by atoms with Crippen LogP contribution in [0.4, 0.5) is 0 Å². The zero-order valence-corrected chi connectivity index (χ0v) is 8.96. The van der Waals surface area contributed by atoms with Crippen molar-refractivity contribution in [3.05, 3.63) is 18.6 Å². The fourth-order valence-electron chi connectivity index (χ4n) is 1.63. The van der Waals surface area contributed by atoms with Crippen LogP contribution in [0.1, 0.15) is 12.8 Å². The Labute approximate surface area is 88.7 Å². The molecule has 2 rings (SSSR count). The van der Waals surface area contributed by atoms with Gasteiger partial charge in [0.25, 0.3) is 0 Å². The maximum atomic E-state index is 4.19. The van der Waals surface area contributed by atoms with E-state index in [0.717, 1.165) is 17.5 Å². The van der Waals surface area contributed by atoms with Crippen LogP contribution in [0.3, 0.4) is 0 Å². The van der Waals surface area contributed by atoms with E-state index >= 15 is 0 Å². The first-order valence-electron chi connectivity index (χ1n) is 5.04. The Morgan fingerprint density at radius 2 is 2.57 bits per heavy atom. The molecule has 0 saturated carbocycles. The molecule has 0 bridgehead atoms. The first kappa shape index (κ1) is 9.93. The summed E-state index contributed by atoms with van der Waals surface area (Å²) in [4.78, 5) is 8.10. The van der Waals surface area contributed by atoms with Gasteiger partial charge in [0.05, 0.1) is 5.03 Å². The maximum Gasteiger partial charge on any atom is 0.116 e. The van der Waals surface area contributed by atoms with Crippen LogP contribution < -0.4 is 5.32 Å². The van der Waals surface area contributed by atoms with Crippen LogP contribution in [0, 0.1) is 5.92 Å². The molecule has 1 aromatic heterocycles. The minimum atomic E-state index is 0.809. The van der Waals surface area contributed by atoms with E-state index in [0.29, 0.717) is 0 Å². The monoisotopic (exact) mass is 209 g/mol. The molecule has 1 unspecified atom stereocenters. The summed E-state index contributed by atoms with van der Waals surface area (Å²) in [6.45, 7) is 2.35. The number of aromatic nitrogens is 2. The number of rotatable bonds is 3. The molecular weight excluding hydrogens is 194 g/mol. The quantitative estimate of drug-likeness (QED) is 0.605. The van der Waals surface area contributed by atoms with Gasteiger partial charge in [0.15, 0.2) is 0 Å². The summed E-state index contributed by atoms with van der Waals surface area (Å²) in [7, 11) is 0. The van der Waals surface area contributed by atoms with Crippen molar-refractivity contribution in [3.8, 4) is 0 Å². The number of hydrogen-bond acceptors (Lipinski definition) is 4. The van der Waals surface area contributed by atoms with Crippen molar-refractivity contribution in [1.82, 2.24) is 15.3 Å². The van der Waals surface area contributed by atoms with E-state index in [9.17, 15) is 0 Å². The standard InChI is InChI=1S/C10H15N3S/c1-2-9(6-11-4-1)7-14-10-3-5-12-8-13-10/h3,5,8-9,11H,1-2,4,6-7H2. The number of nitrogens with one attached hydrogen (secondary N) is 1.